The van der Waals surface area contributed by atoms with Crippen molar-refractivity contribution in [3.63, 3.8) is 0 Å². The van der Waals surface area contributed by atoms with Crippen LogP contribution in [-0.4, -0.2) is 44.7 Å². The van der Waals surface area contributed by atoms with Gasteiger partial charge in [-0.25, -0.2) is 0 Å². The van der Waals surface area contributed by atoms with Gasteiger partial charge in [0.1, 0.15) is 12.2 Å². The van der Waals surface area contributed by atoms with Crippen LogP contribution >= 0.6 is 0 Å². The molecule has 3 atom stereocenters. The van der Waals surface area contributed by atoms with Gasteiger partial charge in [-0.15, -0.1) is 0 Å². The van der Waals surface area contributed by atoms with E-state index >= 15 is 0 Å². The first-order valence-electron chi connectivity index (χ1n) is 8.39. The van der Waals surface area contributed by atoms with E-state index in [4.69, 9.17) is 5.11 Å². The van der Waals surface area contributed by atoms with Gasteiger partial charge in [0, 0.05) is 0 Å². The quantitative estimate of drug-likeness (QED) is 0.250. The third-order valence-electron chi connectivity index (χ3n) is 3.37. The van der Waals surface area contributed by atoms with Crippen molar-refractivity contribution in [3.8, 4) is 11.8 Å². The molecule has 0 amide bonds. The first-order chi connectivity index (χ1) is 11.0. The maximum Gasteiger partial charge on any atom is 0.305 e. The SMILES string of the molecule is CCCC[C@H](O)C#C[C@@H](O)/C=C\CCCCC[C@@H](O)CC(=O)O. The van der Waals surface area contributed by atoms with Crippen molar-refractivity contribution < 1.29 is 25.2 Å². The minimum atomic E-state index is -0.977. The highest BCUT2D eigenvalue weighted by Crippen LogP contribution is 2.08. The Hall–Kier alpha value is -1.35. The Morgan fingerprint density at radius 2 is 1.78 bits per heavy atom. The Bertz CT molecular complexity index is 394. The molecule has 0 aliphatic carbocycles. The second-order valence-electron chi connectivity index (χ2n) is 5.71. The minimum Gasteiger partial charge on any atom is -0.481 e. The van der Waals surface area contributed by atoms with Crippen LogP contribution in [-0.2, 0) is 4.79 Å². The standard InChI is InChI=1S/C18H30O5/c1-2-3-9-15(19)12-13-16(20)10-7-5-4-6-8-11-17(21)14-18(22)23/h7,10,15-17,19-21H,2-6,8-9,11,14H2,1H3,(H,22,23)/b10-7-/t15-,16-,17+/m0/s1. The monoisotopic (exact) mass is 326 g/mol. The second-order valence-corrected chi connectivity index (χ2v) is 5.71. The van der Waals surface area contributed by atoms with Crippen molar-refractivity contribution in [3.05, 3.63) is 12.2 Å². The van der Waals surface area contributed by atoms with Crippen LogP contribution in [0.3, 0.4) is 0 Å². The molecular formula is C18H30O5. The maximum atomic E-state index is 10.4. The number of aliphatic hydroxyl groups excluding tert-OH is 3. The fourth-order valence-electron chi connectivity index (χ4n) is 2.05. The predicted octanol–water partition coefficient (Wildman–Crippen LogP) is 2.24. The van der Waals surface area contributed by atoms with Gasteiger partial charge >= 0.3 is 5.97 Å². The average Bonchev–Trinajstić information content (AvgIpc) is 2.49. The fourth-order valence-corrected chi connectivity index (χ4v) is 2.05. The molecule has 0 radical (unpaired) electrons. The molecule has 132 valence electrons. The molecule has 0 heterocycles. The zero-order valence-electron chi connectivity index (χ0n) is 13.9. The Labute approximate surface area is 139 Å². The second kappa shape index (κ2) is 14.3. The van der Waals surface area contributed by atoms with E-state index in [9.17, 15) is 20.1 Å². The van der Waals surface area contributed by atoms with E-state index in [0.717, 1.165) is 38.5 Å². The number of aliphatic carboxylic acids is 1. The Balaban J connectivity index is 3.70. The smallest absolute Gasteiger partial charge is 0.305 e. The predicted molar refractivity (Wildman–Crippen MR) is 89.8 cm³/mol. The highest BCUT2D eigenvalue weighted by molar-refractivity contribution is 5.67. The van der Waals surface area contributed by atoms with Gasteiger partial charge in [-0.3, -0.25) is 4.79 Å². The summed E-state index contributed by atoms with van der Waals surface area (Å²) in [5.41, 5.74) is 0. The molecule has 0 spiro atoms. The number of carboxylic acid groups (broad SMARTS) is 1. The highest BCUT2D eigenvalue weighted by Gasteiger charge is 2.08. The van der Waals surface area contributed by atoms with Crippen molar-refractivity contribution in [2.24, 2.45) is 0 Å². The van der Waals surface area contributed by atoms with Crippen molar-refractivity contribution in [1.82, 2.24) is 0 Å². The van der Waals surface area contributed by atoms with Gasteiger partial charge in [-0.05, 0) is 31.8 Å². The van der Waals surface area contributed by atoms with Gasteiger partial charge < -0.3 is 20.4 Å². The van der Waals surface area contributed by atoms with E-state index in [0.29, 0.717) is 12.8 Å². The molecule has 0 saturated carbocycles. The molecule has 0 unspecified atom stereocenters. The summed E-state index contributed by atoms with van der Waals surface area (Å²) in [4.78, 5) is 10.4. The van der Waals surface area contributed by atoms with E-state index in [-0.39, 0.29) is 6.42 Å². The largest absolute Gasteiger partial charge is 0.481 e. The number of carboxylic acids is 1. The molecule has 0 rings (SSSR count). The Morgan fingerprint density at radius 3 is 2.43 bits per heavy atom. The zero-order chi connectivity index (χ0) is 17.5. The van der Waals surface area contributed by atoms with Crippen LogP contribution in [0.5, 0.6) is 0 Å². The lowest BCUT2D eigenvalue weighted by Gasteiger charge is -2.06. The van der Waals surface area contributed by atoms with Crippen LogP contribution in [0.2, 0.25) is 0 Å². The molecule has 0 bridgehead atoms. The van der Waals surface area contributed by atoms with Crippen LogP contribution < -0.4 is 0 Å². The van der Waals surface area contributed by atoms with Crippen LogP contribution in [0, 0.1) is 11.8 Å². The molecule has 0 aliphatic rings. The van der Waals surface area contributed by atoms with Crippen molar-refractivity contribution in [2.75, 3.05) is 0 Å². The number of aliphatic hydroxyl groups is 3. The number of unbranched alkanes of at least 4 members (excludes halogenated alkanes) is 4. The van der Waals surface area contributed by atoms with Gasteiger partial charge in [0.05, 0.1) is 12.5 Å². The molecule has 5 heteroatoms. The summed E-state index contributed by atoms with van der Waals surface area (Å²) in [6.45, 7) is 2.05. The van der Waals surface area contributed by atoms with E-state index in [1.54, 1.807) is 6.08 Å². The fraction of sp³-hybridized carbons (Fsp3) is 0.722. The molecular weight excluding hydrogens is 296 g/mol. The van der Waals surface area contributed by atoms with Crippen molar-refractivity contribution in [1.29, 1.82) is 0 Å². The molecule has 0 aromatic carbocycles. The van der Waals surface area contributed by atoms with Gasteiger partial charge in [0.25, 0.3) is 0 Å². The number of rotatable bonds is 12. The van der Waals surface area contributed by atoms with Gasteiger partial charge in [0.15, 0.2) is 0 Å². The molecule has 0 aliphatic heterocycles. The molecule has 0 saturated heterocycles. The summed E-state index contributed by atoms with van der Waals surface area (Å²) < 4.78 is 0. The molecule has 4 N–H and O–H groups in total. The van der Waals surface area contributed by atoms with Gasteiger partial charge in [-0.1, -0.05) is 50.5 Å². The summed E-state index contributed by atoms with van der Waals surface area (Å²) in [7, 11) is 0. The minimum absolute atomic E-state index is 0.200. The van der Waals surface area contributed by atoms with Crippen LogP contribution in [0.4, 0.5) is 0 Å². The summed E-state index contributed by atoms with van der Waals surface area (Å²) in [5, 5.41) is 37.1. The van der Waals surface area contributed by atoms with Gasteiger partial charge in [-0.2, -0.15) is 0 Å². The van der Waals surface area contributed by atoms with E-state index in [1.165, 1.54) is 0 Å². The first kappa shape index (κ1) is 21.6. The van der Waals surface area contributed by atoms with Crippen LogP contribution in [0.15, 0.2) is 12.2 Å². The Kier molecular flexibility index (Phi) is 13.4. The number of hydrogen-bond donors (Lipinski definition) is 4. The normalized spacial score (nSPS) is 15.0. The van der Waals surface area contributed by atoms with E-state index < -0.39 is 24.3 Å². The highest BCUT2D eigenvalue weighted by atomic mass is 16.4. The molecule has 23 heavy (non-hydrogen) atoms. The molecule has 0 aromatic rings. The molecule has 0 fully saturated rings. The molecule has 0 aromatic heterocycles. The topological polar surface area (TPSA) is 98.0 Å². The summed E-state index contributed by atoms with van der Waals surface area (Å²) in [6, 6.07) is 0. The summed E-state index contributed by atoms with van der Waals surface area (Å²) in [6.07, 6.45) is 7.43. The van der Waals surface area contributed by atoms with Crippen molar-refractivity contribution >= 4 is 5.97 Å². The summed E-state index contributed by atoms with van der Waals surface area (Å²) in [5.74, 6) is 4.26. The number of allylic oxidation sites excluding steroid dienone is 1. The average molecular weight is 326 g/mol. The van der Waals surface area contributed by atoms with Crippen LogP contribution in [0.1, 0.15) is 64.7 Å². The maximum absolute atomic E-state index is 10.4. The van der Waals surface area contributed by atoms with Gasteiger partial charge in [0.2, 0.25) is 0 Å². The zero-order valence-corrected chi connectivity index (χ0v) is 13.9. The third-order valence-corrected chi connectivity index (χ3v) is 3.37. The number of carbonyl (C=O) groups is 1. The van der Waals surface area contributed by atoms with Crippen molar-refractivity contribution in [2.45, 2.75) is 83.0 Å². The lowest BCUT2D eigenvalue weighted by atomic mass is 10.1. The summed E-state index contributed by atoms with van der Waals surface area (Å²) >= 11 is 0. The van der Waals surface area contributed by atoms with Crippen LogP contribution in [0.25, 0.3) is 0 Å². The number of hydrogen-bond acceptors (Lipinski definition) is 4. The van der Waals surface area contributed by atoms with E-state index in [1.807, 2.05) is 13.0 Å². The van der Waals surface area contributed by atoms with E-state index in [2.05, 4.69) is 11.8 Å². The molecule has 5 nitrogen and oxygen atoms in total. The third kappa shape index (κ3) is 15.3. The first-order valence-corrected chi connectivity index (χ1v) is 8.39. The lowest BCUT2D eigenvalue weighted by molar-refractivity contribution is -0.139. The Morgan fingerprint density at radius 1 is 1.04 bits per heavy atom. The lowest BCUT2D eigenvalue weighted by Crippen LogP contribution is -2.12.